The van der Waals surface area contributed by atoms with Crippen molar-refractivity contribution >= 4 is 15.6 Å². The first-order valence-corrected chi connectivity index (χ1v) is 7.15. The van der Waals surface area contributed by atoms with Crippen LogP contribution in [0.15, 0.2) is 24.3 Å². The maximum atomic E-state index is 13.0. The summed E-state index contributed by atoms with van der Waals surface area (Å²) in [6, 6.07) is 5.11. The molecule has 0 saturated carbocycles. The van der Waals surface area contributed by atoms with E-state index in [1.807, 2.05) is 0 Å². The number of carbonyl (C=O) groups excluding carboxylic acids is 1. The summed E-state index contributed by atoms with van der Waals surface area (Å²) >= 11 is 0. The van der Waals surface area contributed by atoms with E-state index < -0.39 is 26.7 Å². The Bertz CT molecular complexity index is 508. The van der Waals surface area contributed by atoms with Gasteiger partial charge in [-0.2, -0.15) is 0 Å². The van der Waals surface area contributed by atoms with Gasteiger partial charge in [0, 0.05) is 11.3 Å². The van der Waals surface area contributed by atoms with E-state index in [-0.39, 0.29) is 17.7 Å². The van der Waals surface area contributed by atoms with Crippen LogP contribution in [0.3, 0.4) is 0 Å². The van der Waals surface area contributed by atoms with E-state index in [1.165, 1.54) is 25.1 Å². The first kappa shape index (κ1) is 13.8. The third kappa shape index (κ3) is 3.12. The number of ketones is 1. The first-order valence-electron chi connectivity index (χ1n) is 5.43. The lowest BCUT2D eigenvalue weighted by atomic mass is 10.1. The largest absolute Gasteiger partial charge is 0.293 e. The molecule has 0 spiro atoms. The maximum absolute atomic E-state index is 13.0. The molecule has 0 aromatic heterocycles. The maximum Gasteiger partial charge on any atom is 0.181 e. The number of sulfone groups is 1. The van der Waals surface area contributed by atoms with Crippen molar-refractivity contribution in [3.63, 3.8) is 0 Å². The molecule has 5 heteroatoms. The van der Waals surface area contributed by atoms with Crippen LogP contribution in [-0.2, 0) is 9.84 Å². The van der Waals surface area contributed by atoms with E-state index in [1.54, 1.807) is 6.92 Å². The van der Waals surface area contributed by atoms with Gasteiger partial charge in [-0.05, 0) is 18.6 Å². The van der Waals surface area contributed by atoms with Crippen LogP contribution >= 0.6 is 0 Å². The van der Waals surface area contributed by atoms with Gasteiger partial charge in [0.05, 0.1) is 0 Å². The van der Waals surface area contributed by atoms with Crippen molar-refractivity contribution in [3.05, 3.63) is 35.6 Å². The molecule has 0 saturated heterocycles. The Balaban J connectivity index is 3.11. The van der Waals surface area contributed by atoms with Crippen molar-refractivity contribution in [1.82, 2.24) is 0 Å². The number of rotatable bonds is 5. The van der Waals surface area contributed by atoms with Crippen molar-refractivity contribution in [3.8, 4) is 0 Å². The topological polar surface area (TPSA) is 51.2 Å². The summed E-state index contributed by atoms with van der Waals surface area (Å²) in [4.78, 5) is 12.0. The molecule has 0 heterocycles. The van der Waals surface area contributed by atoms with E-state index in [0.29, 0.717) is 0 Å². The molecule has 0 radical (unpaired) electrons. The Morgan fingerprint density at radius 1 is 1.35 bits per heavy atom. The number of hydrogen-bond acceptors (Lipinski definition) is 3. The average molecular weight is 258 g/mol. The van der Waals surface area contributed by atoms with Gasteiger partial charge >= 0.3 is 0 Å². The standard InChI is InChI=1S/C12H15FO3S/c1-3-11(17(15,16)4-2)12(14)9-6-5-7-10(13)8-9/h5-8,11H,3-4H2,1-2H3/t11-/m0/s1. The molecule has 0 aliphatic heterocycles. The SMILES string of the molecule is CC[C@@H](C(=O)c1cccc(F)c1)S(=O)(=O)CC. The molecule has 0 N–H and O–H groups in total. The number of benzene rings is 1. The lowest BCUT2D eigenvalue weighted by molar-refractivity contribution is 0.0985. The van der Waals surface area contributed by atoms with Crippen LogP contribution in [0, 0.1) is 5.82 Å². The molecule has 1 aromatic carbocycles. The highest BCUT2D eigenvalue weighted by atomic mass is 32.2. The minimum absolute atomic E-state index is 0.0907. The molecule has 1 atom stereocenters. The Kier molecular flexibility index (Phi) is 4.40. The lowest BCUT2D eigenvalue weighted by Crippen LogP contribution is -2.31. The van der Waals surface area contributed by atoms with Crippen molar-refractivity contribution in [1.29, 1.82) is 0 Å². The molecule has 94 valence electrons. The fourth-order valence-electron chi connectivity index (χ4n) is 1.63. The van der Waals surface area contributed by atoms with Crippen molar-refractivity contribution in [2.75, 3.05) is 5.75 Å². The van der Waals surface area contributed by atoms with E-state index >= 15 is 0 Å². The van der Waals surface area contributed by atoms with Gasteiger partial charge in [-0.1, -0.05) is 26.0 Å². The zero-order chi connectivity index (χ0) is 13.1. The van der Waals surface area contributed by atoms with Gasteiger partial charge in [-0.15, -0.1) is 0 Å². The highest BCUT2D eigenvalue weighted by Gasteiger charge is 2.30. The molecule has 17 heavy (non-hydrogen) atoms. The fraction of sp³-hybridized carbons (Fsp3) is 0.417. The summed E-state index contributed by atoms with van der Waals surface area (Å²) in [5, 5.41) is -1.07. The number of halogens is 1. The number of carbonyl (C=O) groups is 1. The average Bonchev–Trinajstić information content (AvgIpc) is 2.29. The molecule has 0 bridgehead atoms. The first-order chi connectivity index (χ1) is 7.92. The van der Waals surface area contributed by atoms with Crippen LogP contribution in [0.1, 0.15) is 30.6 Å². The van der Waals surface area contributed by atoms with E-state index in [4.69, 9.17) is 0 Å². The zero-order valence-electron chi connectivity index (χ0n) is 9.81. The summed E-state index contributed by atoms with van der Waals surface area (Å²) in [5.74, 6) is -1.17. The molecule has 0 fully saturated rings. The van der Waals surface area contributed by atoms with Crippen LogP contribution in [0.5, 0.6) is 0 Å². The molecular formula is C12H15FO3S. The second kappa shape index (κ2) is 5.40. The normalized spacial score (nSPS) is 13.4. The molecule has 0 aliphatic carbocycles. The Labute approximate surface area is 101 Å². The van der Waals surface area contributed by atoms with Crippen LogP contribution in [-0.4, -0.2) is 25.2 Å². The molecule has 3 nitrogen and oxygen atoms in total. The van der Waals surface area contributed by atoms with Gasteiger partial charge in [0.1, 0.15) is 11.1 Å². The smallest absolute Gasteiger partial charge is 0.181 e. The number of hydrogen-bond donors (Lipinski definition) is 0. The van der Waals surface area contributed by atoms with Gasteiger partial charge in [0.25, 0.3) is 0 Å². The summed E-state index contributed by atoms with van der Waals surface area (Å²) in [6.07, 6.45) is 0.200. The molecule has 0 unspecified atom stereocenters. The summed E-state index contributed by atoms with van der Waals surface area (Å²) < 4.78 is 36.4. The van der Waals surface area contributed by atoms with E-state index in [9.17, 15) is 17.6 Å². The fourth-order valence-corrected chi connectivity index (χ4v) is 3.00. The van der Waals surface area contributed by atoms with Gasteiger partial charge in [0.15, 0.2) is 15.6 Å². The van der Waals surface area contributed by atoms with E-state index in [0.717, 1.165) is 6.07 Å². The second-order valence-electron chi connectivity index (χ2n) is 3.72. The predicted molar refractivity (Wildman–Crippen MR) is 64.3 cm³/mol. The predicted octanol–water partition coefficient (Wildman–Crippen LogP) is 2.22. The minimum atomic E-state index is -3.44. The van der Waals surface area contributed by atoms with Gasteiger partial charge < -0.3 is 0 Å². The Hall–Kier alpha value is -1.23. The quantitative estimate of drug-likeness (QED) is 0.761. The lowest BCUT2D eigenvalue weighted by Gasteiger charge is -2.13. The Morgan fingerprint density at radius 2 is 2.00 bits per heavy atom. The summed E-state index contributed by atoms with van der Waals surface area (Å²) in [5.41, 5.74) is 0.105. The third-order valence-electron chi connectivity index (χ3n) is 2.61. The number of Topliss-reactive ketones (excluding diaryl/α,β-unsaturated/α-hetero) is 1. The highest BCUT2D eigenvalue weighted by Crippen LogP contribution is 2.15. The van der Waals surface area contributed by atoms with Crippen LogP contribution in [0.2, 0.25) is 0 Å². The molecule has 1 aromatic rings. The van der Waals surface area contributed by atoms with E-state index in [2.05, 4.69) is 0 Å². The van der Waals surface area contributed by atoms with Gasteiger partial charge in [0.2, 0.25) is 0 Å². The monoisotopic (exact) mass is 258 g/mol. The van der Waals surface area contributed by atoms with Crippen LogP contribution in [0.4, 0.5) is 4.39 Å². The van der Waals surface area contributed by atoms with Crippen LogP contribution < -0.4 is 0 Å². The third-order valence-corrected chi connectivity index (χ3v) is 4.83. The summed E-state index contributed by atoms with van der Waals surface area (Å²) in [7, 11) is -3.44. The van der Waals surface area contributed by atoms with Crippen molar-refractivity contribution in [2.45, 2.75) is 25.5 Å². The Morgan fingerprint density at radius 3 is 2.47 bits per heavy atom. The highest BCUT2D eigenvalue weighted by molar-refractivity contribution is 7.92. The molecule has 0 aliphatic rings. The second-order valence-corrected chi connectivity index (χ2v) is 6.20. The summed E-state index contributed by atoms with van der Waals surface area (Å²) in [6.45, 7) is 3.13. The molecular weight excluding hydrogens is 243 g/mol. The minimum Gasteiger partial charge on any atom is -0.293 e. The molecule has 0 amide bonds. The van der Waals surface area contributed by atoms with Crippen LogP contribution in [0.25, 0.3) is 0 Å². The molecule has 1 rings (SSSR count). The van der Waals surface area contributed by atoms with Gasteiger partial charge in [-0.3, -0.25) is 4.79 Å². The van der Waals surface area contributed by atoms with Gasteiger partial charge in [-0.25, -0.2) is 12.8 Å². The van der Waals surface area contributed by atoms with Crippen molar-refractivity contribution < 1.29 is 17.6 Å². The zero-order valence-corrected chi connectivity index (χ0v) is 10.6. The van der Waals surface area contributed by atoms with Crippen molar-refractivity contribution in [2.24, 2.45) is 0 Å².